The minimum absolute atomic E-state index is 0.0407. The topological polar surface area (TPSA) is 61.8 Å². The van der Waals surface area contributed by atoms with Gasteiger partial charge in [0.05, 0.1) is 13.0 Å². The number of esters is 2. The summed E-state index contributed by atoms with van der Waals surface area (Å²) in [4.78, 5) is 25.4. The molecule has 0 saturated carbocycles. The van der Waals surface area contributed by atoms with Crippen LogP contribution in [0.1, 0.15) is 265 Å². The number of ether oxygens (including phenoxy) is 3. The summed E-state index contributed by atoms with van der Waals surface area (Å²) in [6.07, 6.45) is 74.8. The van der Waals surface area contributed by atoms with Crippen LogP contribution in [0, 0.1) is 0 Å². The van der Waals surface area contributed by atoms with Gasteiger partial charge in [-0.1, -0.05) is 260 Å². The second kappa shape index (κ2) is 56.4. The van der Waals surface area contributed by atoms with Crippen molar-refractivity contribution in [3.05, 3.63) is 85.1 Å². The molecule has 5 nitrogen and oxygen atoms in total. The van der Waals surface area contributed by atoms with Crippen LogP contribution in [0.2, 0.25) is 0 Å². The van der Waals surface area contributed by atoms with Crippen molar-refractivity contribution < 1.29 is 23.8 Å². The SMILES string of the molecule is CC/C=C\C/C=C\C/C=C\C/C=C\C/C=C\CC(=O)OC(COCCCCCCCCCCCCCCCCCCCC)COC(=O)CCCCCCCCC/C=C\C/C=C\CCCCC. The quantitative estimate of drug-likeness (QED) is 0.0346. The molecule has 0 amide bonds. The number of rotatable bonds is 51. The fourth-order valence-corrected chi connectivity index (χ4v) is 7.79. The van der Waals surface area contributed by atoms with E-state index in [0.717, 1.165) is 70.6 Å². The summed E-state index contributed by atoms with van der Waals surface area (Å²) in [5.74, 6) is -0.546. The van der Waals surface area contributed by atoms with Crippen LogP contribution in [-0.2, 0) is 23.8 Å². The lowest BCUT2D eigenvalue weighted by Gasteiger charge is -2.18. The van der Waals surface area contributed by atoms with Crippen molar-refractivity contribution in [1.29, 1.82) is 0 Å². The molecule has 0 aliphatic heterocycles. The molecule has 0 saturated heterocycles. The molecule has 0 bridgehead atoms. The maximum atomic E-state index is 12.8. The van der Waals surface area contributed by atoms with Gasteiger partial charge < -0.3 is 14.2 Å². The standard InChI is InChI=1S/C61H106O5/c1-4-7-10-13-16-19-22-25-28-30-32-35-38-41-44-47-50-53-56-64-57-59(66-61(63)55-52-49-46-43-40-37-33-27-24-21-18-15-12-9-6-3)58-65-60(62)54-51-48-45-42-39-36-34-31-29-26-23-20-17-14-11-8-5-2/h9,12,17-18,20-21,26-27,29,33,40,43,49,52,59H,4-8,10-11,13-16,19,22-25,28,30-32,34-39,41-42,44-48,50-51,53-58H2,1-3H3/b12-9-,20-17-,21-18-,29-26-,33-27-,43-40-,52-49-. The molecule has 0 spiro atoms. The zero-order chi connectivity index (χ0) is 47.7. The van der Waals surface area contributed by atoms with Crippen LogP contribution in [0.3, 0.4) is 0 Å². The monoisotopic (exact) mass is 919 g/mol. The van der Waals surface area contributed by atoms with Crippen LogP contribution in [-0.4, -0.2) is 37.9 Å². The van der Waals surface area contributed by atoms with Gasteiger partial charge in [0.2, 0.25) is 0 Å². The smallest absolute Gasteiger partial charge is 0.310 e. The lowest BCUT2D eigenvalue weighted by molar-refractivity contribution is -0.162. The molecule has 0 aromatic rings. The number of hydrogen-bond acceptors (Lipinski definition) is 5. The number of carbonyl (C=O) groups excluding carboxylic acids is 2. The van der Waals surface area contributed by atoms with E-state index in [1.807, 2.05) is 12.2 Å². The zero-order valence-electron chi connectivity index (χ0n) is 43.7. The number of allylic oxidation sites excluding steroid dienone is 13. The highest BCUT2D eigenvalue weighted by Gasteiger charge is 2.17. The summed E-state index contributed by atoms with van der Waals surface area (Å²) in [6.45, 7) is 7.61. The lowest BCUT2D eigenvalue weighted by atomic mass is 10.0. The second-order valence-corrected chi connectivity index (χ2v) is 18.5. The van der Waals surface area contributed by atoms with Gasteiger partial charge >= 0.3 is 11.9 Å². The molecule has 0 aliphatic carbocycles. The van der Waals surface area contributed by atoms with Gasteiger partial charge in [-0.3, -0.25) is 9.59 Å². The summed E-state index contributed by atoms with van der Waals surface area (Å²) in [5, 5.41) is 0. The summed E-state index contributed by atoms with van der Waals surface area (Å²) in [7, 11) is 0. The lowest BCUT2D eigenvalue weighted by Crippen LogP contribution is -2.29. The van der Waals surface area contributed by atoms with Gasteiger partial charge in [0.1, 0.15) is 6.61 Å². The summed E-state index contributed by atoms with van der Waals surface area (Å²) in [5.41, 5.74) is 0. The number of carbonyl (C=O) groups is 2. The predicted molar refractivity (Wildman–Crippen MR) is 288 cm³/mol. The van der Waals surface area contributed by atoms with Crippen LogP contribution in [0.4, 0.5) is 0 Å². The van der Waals surface area contributed by atoms with E-state index in [2.05, 4.69) is 93.7 Å². The zero-order valence-corrected chi connectivity index (χ0v) is 43.7. The van der Waals surface area contributed by atoms with Crippen LogP contribution in [0.25, 0.3) is 0 Å². The first-order valence-corrected chi connectivity index (χ1v) is 28.1. The Morgan fingerprint density at radius 1 is 0.364 bits per heavy atom. The van der Waals surface area contributed by atoms with E-state index in [-0.39, 0.29) is 31.6 Å². The Balaban J connectivity index is 4.36. The van der Waals surface area contributed by atoms with Gasteiger partial charge in [-0.2, -0.15) is 0 Å². The van der Waals surface area contributed by atoms with E-state index in [1.54, 1.807) is 0 Å². The Bertz CT molecular complexity index is 1220. The first-order valence-electron chi connectivity index (χ1n) is 28.1. The summed E-state index contributed by atoms with van der Waals surface area (Å²) >= 11 is 0. The molecule has 0 radical (unpaired) electrons. The first kappa shape index (κ1) is 63.1. The molecule has 0 aromatic heterocycles. The van der Waals surface area contributed by atoms with E-state index in [4.69, 9.17) is 14.2 Å². The number of unbranched alkanes of at least 4 members (excludes halogenated alkanes) is 27. The van der Waals surface area contributed by atoms with Crippen molar-refractivity contribution >= 4 is 11.9 Å². The Morgan fingerprint density at radius 3 is 1.20 bits per heavy atom. The molecule has 380 valence electrons. The fraction of sp³-hybridized carbons (Fsp3) is 0.738. The average Bonchev–Trinajstić information content (AvgIpc) is 3.32. The molecule has 0 rings (SSSR count). The van der Waals surface area contributed by atoms with Gasteiger partial charge in [0, 0.05) is 13.0 Å². The molecule has 66 heavy (non-hydrogen) atoms. The molecular weight excluding hydrogens is 813 g/mol. The van der Waals surface area contributed by atoms with E-state index in [9.17, 15) is 9.59 Å². The third-order valence-electron chi connectivity index (χ3n) is 11.9. The highest BCUT2D eigenvalue weighted by molar-refractivity contribution is 5.71. The van der Waals surface area contributed by atoms with Crippen molar-refractivity contribution in [3.8, 4) is 0 Å². The third-order valence-corrected chi connectivity index (χ3v) is 11.9. The first-order chi connectivity index (χ1) is 32.6. The van der Waals surface area contributed by atoms with Crippen molar-refractivity contribution in [2.75, 3.05) is 19.8 Å². The maximum absolute atomic E-state index is 12.8. The number of hydrogen-bond donors (Lipinski definition) is 0. The normalized spacial score (nSPS) is 12.8. The van der Waals surface area contributed by atoms with E-state index < -0.39 is 6.10 Å². The second-order valence-electron chi connectivity index (χ2n) is 18.5. The minimum Gasteiger partial charge on any atom is -0.462 e. The van der Waals surface area contributed by atoms with Crippen LogP contribution in [0.15, 0.2) is 85.1 Å². The molecule has 0 N–H and O–H groups in total. The molecule has 0 heterocycles. The Hall–Kier alpha value is -2.92. The molecular formula is C61H106O5. The molecule has 1 unspecified atom stereocenters. The van der Waals surface area contributed by atoms with Crippen molar-refractivity contribution in [3.63, 3.8) is 0 Å². The van der Waals surface area contributed by atoms with Gasteiger partial charge in [-0.05, 0) is 77.0 Å². The Morgan fingerprint density at radius 2 is 0.727 bits per heavy atom. The Labute approximate surface area is 409 Å². The molecule has 5 heteroatoms. The summed E-state index contributed by atoms with van der Waals surface area (Å²) in [6, 6.07) is 0. The molecule has 0 fully saturated rings. The summed E-state index contributed by atoms with van der Waals surface area (Å²) < 4.78 is 17.3. The van der Waals surface area contributed by atoms with Gasteiger partial charge in [0.25, 0.3) is 0 Å². The van der Waals surface area contributed by atoms with E-state index >= 15 is 0 Å². The highest BCUT2D eigenvalue weighted by Crippen LogP contribution is 2.15. The molecule has 0 aromatic carbocycles. The van der Waals surface area contributed by atoms with E-state index in [1.165, 1.54) is 161 Å². The molecule has 0 aliphatic rings. The molecule has 1 atom stereocenters. The minimum atomic E-state index is -0.596. The van der Waals surface area contributed by atoms with Crippen LogP contribution in [0.5, 0.6) is 0 Å². The largest absolute Gasteiger partial charge is 0.462 e. The van der Waals surface area contributed by atoms with Crippen molar-refractivity contribution in [1.82, 2.24) is 0 Å². The van der Waals surface area contributed by atoms with Crippen LogP contribution < -0.4 is 0 Å². The third kappa shape index (κ3) is 53.7. The van der Waals surface area contributed by atoms with Gasteiger partial charge in [-0.15, -0.1) is 0 Å². The Kier molecular flexibility index (Phi) is 53.9. The average molecular weight is 920 g/mol. The van der Waals surface area contributed by atoms with Gasteiger partial charge in [0.15, 0.2) is 6.10 Å². The van der Waals surface area contributed by atoms with E-state index in [0.29, 0.717) is 13.0 Å². The van der Waals surface area contributed by atoms with Crippen molar-refractivity contribution in [2.45, 2.75) is 271 Å². The van der Waals surface area contributed by atoms with Crippen LogP contribution >= 0.6 is 0 Å². The highest BCUT2D eigenvalue weighted by atomic mass is 16.6. The maximum Gasteiger partial charge on any atom is 0.310 e. The van der Waals surface area contributed by atoms with Crippen molar-refractivity contribution in [2.24, 2.45) is 0 Å². The fourth-order valence-electron chi connectivity index (χ4n) is 7.79. The van der Waals surface area contributed by atoms with Gasteiger partial charge in [-0.25, -0.2) is 0 Å². The predicted octanol–water partition coefficient (Wildman–Crippen LogP) is 19.2.